The molecule has 0 aliphatic heterocycles. The van der Waals surface area contributed by atoms with E-state index in [2.05, 4.69) is 27.7 Å². The third-order valence-electron chi connectivity index (χ3n) is 2.42. The van der Waals surface area contributed by atoms with Crippen molar-refractivity contribution in [1.29, 1.82) is 0 Å². The first kappa shape index (κ1) is 9.50. The van der Waals surface area contributed by atoms with Gasteiger partial charge in [0.1, 0.15) is 0 Å². The molecular weight excluding hydrogens is 148 g/mol. The van der Waals surface area contributed by atoms with E-state index in [1.807, 2.05) is 6.08 Å². The van der Waals surface area contributed by atoms with Crippen LogP contribution in [0.25, 0.3) is 0 Å². The molecule has 1 rings (SSSR count). The Labute approximate surface area is 74.9 Å². The van der Waals surface area contributed by atoms with Crippen LogP contribution in [-0.2, 0) is 4.79 Å². The van der Waals surface area contributed by atoms with Gasteiger partial charge in [-0.2, -0.15) is 0 Å². The van der Waals surface area contributed by atoms with Crippen molar-refractivity contribution in [3.05, 3.63) is 11.6 Å². The second-order valence-electron chi connectivity index (χ2n) is 4.90. The number of carbonyl (C=O) groups is 1. The molecule has 0 amide bonds. The predicted molar refractivity (Wildman–Crippen MR) is 50.9 cm³/mol. The lowest BCUT2D eigenvalue weighted by molar-refractivity contribution is -0.115. The van der Waals surface area contributed by atoms with Gasteiger partial charge in [-0.25, -0.2) is 0 Å². The molecule has 68 valence electrons. The summed E-state index contributed by atoms with van der Waals surface area (Å²) in [5.74, 6) is 0.843. The normalized spacial score (nSPS) is 25.5. The lowest BCUT2D eigenvalue weighted by Gasteiger charge is -2.28. The molecule has 0 heterocycles. The van der Waals surface area contributed by atoms with Crippen LogP contribution in [0.3, 0.4) is 0 Å². The minimum atomic E-state index is 0.171. The lowest BCUT2D eigenvalue weighted by Crippen LogP contribution is -2.19. The molecule has 0 saturated heterocycles. The monoisotopic (exact) mass is 166 g/mol. The van der Waals surface area contributed by atoms with Gasteiger partial charge in [0.2, 0.25) is 0 Å². The minimum absolute atomic E-state index is 0.171. The van der Waals surface area contributed by atoms with Crippen LogP contribution >= 0.6 is 0 Å². The summed E-state index contributed by atoms with van der Waals surface area (Å²) in [6, 6.07) is 0. The predicted octanol–water partition coefficient (Wildman–Crippen LogP) is 2.96. The topological polar surface area (TPSA) is 17.1 Å². The highest BCUT2D eigenvalue weighted by Crippen LogP contribution is 2.34. The van der Waals surface area contributed by atoms with Gasteiger partial charge in [-0.05, 0) is 23.8 Å². The van der Waals surface area contributed by atoms with E-state index in [4.69, 9.17) is 0 Å². The Hall–Kier alpha value is -0.590. The number of allylic oxidation sites excluding steroid dienone is 2. The minimum Gasteiger partial charge on any atom is -0.295 e. The van der Waals surface area contributed by atoms with Crippen LogP contribution in [0, 0.1) is 11.3 Å². The van der Waals surface area contributed by atoms with E-state index < -0.39 is 0 Å². The van der Waals surface area contributed by atoms with Gasteiger partial charge in [-0.3, -0.25) is 4.79 Å². The number of carbonyl (C=O) groups excluding carboxylic acids is 1. The zero-order valence-electron chi connectivity index (χ0n) is 8.48. The number of hydrogen-bond donors (Lipinski definition) is 0. The number of hydrogen-bond acceptors (Lipinski definition) is 1. The van der Waals surface area contributed by atoms with Crippen LogP contribution in [0.15, 0.2) is 11.6 Å². The van der Waals surface area contributed by atoms with Gasteiger partial charge >= 0.3 is 0 Å². The third-order valence-corrected chi connectivity index (χ3v) is 2.42. The third kappa shape index (κ3) is 2.20. The summed E-state index contributed by atoms with van der Waals surface area (Å²) in [4.78, 5) is 11.3. The molecule has 1 unspecified atom stereocenters. The van der Waals surface area contributed by atoms with Gasteiger partial charge in [-0.1, -0.05) is 33.3 Å². The summed E-state index contributed by atoms with van der Waals surface area (Å²) in [5.41, 5.74) is 1.48. The number of rotatable bonds is 0. The first-order valence-electron chi connectivity index (χ1n) is 4.63. The summed E-state index contributed by atoms with van der Waals surface area (Å²) in [6.45, 7) is 8.66. The summed E-state index contributed by atoms with van der Waals surface area (Å²) in [6.07, 6.45) is 3.68. The fourth-order valence-corrected chi connectivity index (χ4v) is 1.63. The summed E-state index contributed by atoms with van der Waals surface area (Å²) in [7, 11) is 0. The van der Waals surface area contributed by atoms with E-state index in [9.17, 15) is 4.79 Å². The molecule has 1 aliphatic carbocycles. The molecule has 0 saturated carbocycles. The number of ketones is 1. The van der Waals surface area contributed by atoms with E-state index in [-0.39, 0.29) is 5.41 Å². The van der Waals surface area contributed by atoms with Crippen LogP contribution in [-0.4, -0.2) is 5.78 Å². The van der Waals surface area contributed by atoms with Crippen molar-refractivity contribution in [1.82, 2.24) is 0 Å². The Morgan fingerprint density at radius 3 is 2.33 bits per heavy atom. The molecule has 12 heavy (non-hydrogen) atoms. The Morgan fingerprint density at radius 1 is 1.33 bits per heavy atom. The van der Waals surface area contributed by atoms with Crippen LogP contribution in [0.4, 0.5) is 0 Å². The maximum absolute atomic E-state index is 11.3. The average molecular weight is 166 g/mol. The molecule has 1 heteroatoms. The average Bonchev–Trinajstić information content (AvgIpc) is 1.82. The van der Waals surface area contributed by atoms with Crippen molar-refractivity contribution in [2.24, 2.45) is 11.3 Å². The fourth-order valence-electron chi connectivity index (χ4n) is 1.63. The largest absolute Gasteiger partial charge is 0.295 e. The second-order valence-corrected chi connectivity index (χ2v) is 4.90. The van der Waals surface area contributed by atoms with Crippen LogP contribution in [0.1, 0.15) is 40.5 Å². The molecule has 1 aliphatic rings. The maximum atomic E-state index is 11.3. The van der Waals surface area contributed by atoms with E-state index in [0.717, 1.165) is 12.8 Å². The van der Waals surface area contributed by atoms with Crippen LogP contribution in [0.5, 0.6) is 0 Å². The zero-order chi connectivity index (χ0) is 9.35. The van der Waals surface area contributed by atoms with Crippen molar-refractivity contribution in [3.8, 4) is 0 Å². The zero-order valence-corrected chi connectivity index (χ0v) is 8.48. The van der Waals surface area contributed by atoms with Gasteiger partial charge in [0.25, 0.3) is 0 Å². The molecule has 0 aromatic heterocycles. The van der Waals surface area contributed by atoms with E-state index in [1.54, 1.807) is 0 Å². The van der Waals surface area contributed by atoms with E-state index in [0.29, 0.717) is 11.7 Å². The fraction of sp³-hybridized carbons (Fsp3) is 0.727. The Morgan fingerprint density at radius 2 is 1.92 bits per heavy atom. The molecule has 1 atom stereocenters. The van der Waals surface area contributed by atoms with Gasteiger partial charge in [0, 0.05) is 6.42 Å². The quantitative estimate of drug-likeness (QED) is 0.540. The van der Waals surface area contributed by atoms with E-state index >= 15 is 0 Å². The van der Waals surface area contributed by atoms with Gasteiger partial charge in [-0.15, -0.1) is 0 Å². The van der Waals surface area contributed by atoms with Crippen LogP contribution in [0.2, 0.25) is 0 Å². The van der Waals surface area contributed by atoms with Crippen molar-refractivity contribution in [3.63, 3.8) is 0 Å². The molecule has 0 bridgehead atoms. The Bertz CT molecular complexity index is 218. The molecule has 0 aromatic rings. The summed E-state index contributed by atoms with van der Waals surface area (Å²) < 4.78 is 0. The SMILES string of the molecule is CC1CC(=O)C=C(C(C)(C)C)C1. The van der Waals surface area contributed by atoms with Crippen molar-refractivity contribution < 1.29 is 4.79 Å². The van der Waals surface area contributed by atoms with Gasteiger partial charge in [0.15, 0.2) is 5.78 Å². The highest BCUT2D eigenvalue weighted by molar-refractivity contribution is 5.91. The molecule has 0 spiro atoms. The van der Waals surface area contributed by atoms with Crippen molar-refractivity contribution >= 4 is 5.78 Å². The van der Waals surface area contributed by atoms with Gasteiger partial charge < -0.3 is 0 Å². The molecular formula is C11H18O. The molecule has 0 N–H and O–H groups in total. The Balaban J connectivity index is 2.84. The smallest absolute Gasteiger partial charge is 0.155 e. The van der Waals surface area contributed by atoms with Crippen molar-refractivity contribution in [2.75, 3.05) is 0 Å². The first-order chi connectivity index (χ1) is 5.39. The maximum Gasteiger partial charge on any atom is 0.155 e. The highest BCUT2D eigenvalue weighted by atomic mass is 16.1. The molecule has 1 nitrogen and oxygen atoms in total. The molecule has 0 aromatic carbocycles. The summed E-state index contributed by atoms with van der Waals surface area (Å²) >= 11 is 0. The van der Waals surface area contributed by atoms with E-state index in [1.165, 1.54) is 5.57 Å². The summed E-state index contributed by atoms with van der Waals surface area (Å²) in [5, 5.41) is 0. The molecule has 0 radical (unpaired) electrons. The standard InChI is InChI=1S/C11H18O/c1-8-5-9(11(2,3)4)7-10(12)6-8/h7-8H,5-6H2,1-4H3. The van der Waals surface area contributed by atoms with Gasteiger partial charge in [0.05, 0.1) is 0 Å². The Kier molecular flexibility index (Phi) is 2.41. The van der Waals surface area contributed by atoms with Crippen LogP contribution < -0.4 is 0 Å². The highest BCUT2D eigenvalue weighted by Gasteiger charge is 2.24. The first-order valence-corrected chi connectivity index (χ1v) is 4.63. The lowest BCUT2D eigenvalue weighted by atomic mass is 9.77. The van der Waals surface area contributed by atoms with Crippen molar-refractivity contribution in [2.45, 2.75) is 40.5 Å². The second kappa shape index (κ2) is 3.04. The molecule has 0 fully saturated rings.